The Labute approximate surface area is 142 Å². The third-order valence-corrected chi connectivity index (χ3v) is 3.99. The number of nitrogens with one attached hydrogen (secondary N) is 2. The van der Waals surface area contributed by atoms with Crippen LogP contribution < -0.4 is 0 Å². The molecule has 0 radical (unpaired) electrons. The van der Waals surface area contributed by atoms with Crippen molar-refractivity contribution in [2.45, 2.75) is 6.92 Å². The molecule has 0 fully saturated rings. The number of nitrogens with zero attached hydrogens (tertiary/aromatic N) is 4. The van der Waals surface area contributed by atoms with Gasteiger partial charge in [-0.2, -0.15) is 20.0 Å². The zero-order chi connectivity index (χ0) is 16.5. The zero-order valence-corrected chi connectivity index (χ0v) is 13.7. The summed E-state index contributed by atoms with van der Waals surface area (Å²) in [5, 5.41) is 20.9. The molecular weight excluding hydrogens is 320 g/mol. The number of H-pyrrole nitrogens is 2. The van der Waals surface area contributed by atoms with Crippen LogP contribution in [0.2, 0.25) is 0 Å². The Morgan fingerprint density at radius 3 is 2.75 bits per heavy atom. The number of hydrogen-bond donors (Lipinski definition) is 2. The highest BCUT2D eigenvalue weighted by Gasteiger charge is 2.11. The summed E-state index contributed by atoms with van der Waals surface area (Å²) in [4.78, 5) is 0. The van der Waals surface area contributed by atoms with Gasteiger partial charge in [0.05, 0.1) is 6.21 Å². The summed E-state index contributed by atoms with van der Waals surface area (Å²) in [6.45, 7) is 1.93. The van der Waals surface area contributed by atoms with Gasteiger partial charge in [0.1, 0.15) is 5.69 Å². The van der Waals surface area contributed by atoms with Crippen LogP contribution in [0.4, 0.5) is 0 Å². The van der Waals surface area contributed by atoms with E-state index in [1.165, 1.54) is 5.39 Å². The molecule has 2 heterocycles. The third kappa shape index (κ3) is 2.55. The lowest BCUT2D eigenvalue weighted by Crippen LogP contribution is -1.95. The second-order valence-electron chi connectivity index (χ2n) is 5.41. The average Bonchev–Trinajstić information content (AvgIpc) is 3.18. The number of aromatic amines is 2. The Morgan fingerprint density at radius 2 is 1.92 bits per heavy atom. The number of aromatic nitrogens is 5. The molecule has 0 saturated carbocycles. The van der Waals surface area contributed by atoms with Crippen molar-refractivity contribution in [2.24, 2.45) is 5.10 Å². The van der Waals surface area contributed by atoms with Crippen LogP contribution in [0.25, 0.3) is 22.3 Å². The summed E-state index contributed by atoms with van der Waals surface area (Å²) in [6, 6.07) is 16.2. The monoisotopic (exact) mass is 334 g/mol. The molecule has 0 atom stereocenters. The van der Waals surface area contributed by atoms with Gasteiger partial charge in [-0.05, 0) is 36.0 Å². The van der Waals surface area contributed by atoms with E-state index < -0.39 is 0 Å². The summed E-state index contributed by atoms with van der Waals surface area (Å²) < 4.78 is 1.99. The topological polar surface area (TPSA) is 74.7 Å². The lowest BCUT2D eigenvalue weighted by Gasteiger charge is -2.02. The lowest BCUT2D eigenvalue weighted by molar-refractivity contribution is 0.865. The molecule has 0 aliphatic carbocycles. The molecule has 2 aromatic heterocycles. The molecule has 118 valence electrons. The van der Waals surface area contributed by atoms with Crippen LogP contribution in [0.5, 0.6) is 0 Å². The molecule has 0 aliphatic heterocycles. The Bertz CT molecular complexity index is 1100. The van der Waals surface area contributed by atoms with Crippen LogP contribution in [-0.2, 0) is 0 Å². The van der Waals surface area contributed by atoms with Crippen molar-refractivity contribution >= 4 is 29.2 Å². The molecular formula is C17H14N6S. The van der Waals surface area contributed by atoms with Crippen molar-refractivity contribution in [3.8, 4) is 11.5 Å². The predicted molar refractivity (Wildman–Crippen MR) is 96.7 cm³/mol. The standard InChI is InChI=1S/C17H14N6S/c1-11-9-15(20-19-11)16-21-22-17(24)23(16)18-10-13-7-4-6-12-5-2-3-8-14(12)13/h2-10H,1H3,(H,19,20)(H,22,24)/b18-10-. The Kier molecular flexibility index (Phi) is 3.55. The van der Waals surface area contributed by atoms with Crippen molar-refractivity contribution in [1.82, 2.24) is 25.1 Å². The fourth-order valence-electron chi connectivity index (χ4n) is 2.58. The van der Waals surface area contributed by atoms with Crippen LogP contribution in [-0.4, -0.2) is 31.3 Å². The molecule has 2 aromatic carbocycles. The lowest BCUT2D eigenvalue weighted by atomic mass is 10.1. The minimum absolute atomic E-state index is 0.419. The van der Waals surface area contributed by atoms with E-state index in [4.69, 9.17) is 12.2 Å². The molecule has 0 unspecified atom stereocenters. The normalized spacial score (nSPS) is 11.5. The van der Waals surface area contributed by atoms with Crippen molar-refractivity contribution in [1.29, 1.82) is 0 Å². The van der Waals surface area contributed by atoms with E-state index in [9.17, 15) is 0 Å². The molecule has 24 heavy (non-hydrogen) atoms. The molecule has 0 spiro atoms. The van der Waals surface area contributed by atoms with Crippen LogP contribution >= 0.6 is 12.2 Å². The summed E-state index contributed by atoms with van der Waals surface area (Å²) >= 11 is 5.28. The first kappa shape index (κ1) is 14.5. The van der Waals surface area contributed by atoms with E-state index in [2.05, 4.69) is 43.7 Å². The largest absolute Gasteiger partial charge is 0.282 e. The molecule has 6 nitrogen and oxygen atoms in total. The molecule has 4 aromatic rings. The number of benzene rings is 2. The highest BCUT2D eigenvalue weighted by Crippen LogP contribution is 2.18. The smallest absolute Gasteiger partial charge is 0.216 e. The van der Waals surface area contributed by atoms with Gasteiger partial charge in [0.2, 0.25) is 10.6 Å². The van der Waals surface area contributed by atoms with Gasteiger partial charge in [-0.3, -0.25) is 5.10 Å². The summed E-state index contributed by atoms with van der Waals surface area (Å²) in [5.74, 6) is 0.570. The van der Waals surface area contributed by atoms with Crippen LogP contribution in [0, 0.1) is 11.7 Å². The van der Waals surface area contributed by atoms with Gasteiger partial charge >= 0.3 is 0 Å². The summed E-state index contributed by atoms with van der Waals surface area (Å²) in [5.41, 5.74) is 2.65. The van der Waals surface area contributed by atoms with Gasteiger partial charge in [-0.25, -0.2) is 5.10 Å². The maximum Gasteiger partial charge on any atom is 0.216 e. The Morgan fingerprint density at radius 1 is 1.08 bits per heavy atom. The number of rotatable bonds is 3. The maximum absolute atomic E-state index is 5.28. The number of hydrogen-bond acceptors (Lipinski definition) is 4. The van der Waals surface area contributed by atoms with Gasteiger partial charge in [-0.15, -0.1) is 0 Å². The second kappa shape index (κ2) is 5.86. The van der Waals surface area contributed by atoms with E-state index in [0.717, 1.165) is 16.6 Å². The molecule has 2 N–H and O–H groups in total. The molecule has 4 rings (SSSR count). The number of aryl methyl sites for hydroxylation is 1. The minimum atomic E-state index is 0.419. The maximum atomic E-state index is 5.28. The van der Waals surface area contributed by atoms with Gasteiger partial charge in [0, 0.05) is 11.3 Å². The molecule has 7 heteroatoms. The Hall–Kier alpha value is -3.06. The van der Waals surface area contributed by atoms with E-state index in [1.807, 2.05) is 37.3 Å². The SMILES string of the molecule is Cc1cc(-c2n[nH]c(=S)n2/N=C\c2cccc3ccccc23)n[nH]1. The van der Waals surface area contributed by atoms with Gasteiger partial charge in [-0.1, -0.05) is 42.5 Å². The first-order chi connectivity index (χ1) is 11.7. The van der Waals surface area contributed by atoms with E-state index in [0.29, 0.717) is 16.3 Å². The molecule has 0 aliphatic rings. The molecule has 0 saturated heterocycles. The first-order valence-electron chi connectivity index (χ1n) is 7.44. The van der Waals surface area contributed by atoms with Crippen molar-refractivity contribution < 1.29 is 0 Å². The van der Waals surface area contributed by atoms with Crippen LogP contribution in [0.15, 0.2) is 53.6 Å². The van der Waals surface area contributed by atoms with Gasteiger partial charge in [0.15, 0.2) is 0 Å². The fourth-order valence-corrected chi connectivity index (χ4v) is 2.76. The fraction of sp³-hybridized carbons (Fsp3) is 0.0588. The van der Waals surface area contributed by atoms with Crippen molar-refractivity contribution in [2.75, 3.05) is 0 Å². The van der Waals surface area contributed by atoms with E-state index >= 15 is 0 Å². The van der Waals surface area contributed by atoms with Gasteiger partial charge in [0.25, 0.3) is 0 Å². The predicted octanol–water partition coefficient (Wildman–Crippen LogP) is 3.67. The minimum Gasteiger partial charge on any atom is -0.282 e. The van der Waals surface area contributed by atoms with E-state index in [1.54, 1.807) is 10.9 Å². The van der Waals surface area contributed by atoms with Crippen LogP contribution in [0.1, 0.15) is 11.3 Å². The molecule has 0 bridgehead atoms. The zero-order valence-electron chi connectivity index (χ0n) is 12.9. The summed E-state index contributed by atoms with van der Waals surface area (Å²) in [6.07, 6.45) is 1.79. The van der Waals surface area contributed by atoms with Crippen LogP contribution in [0.3, 0.4) is 0 Å². The highest BCUT2D eigenvalue weighted by molar-refractivity contribution is 7.71. The quantitative estimate of drug-likeness (QED) is 0.443. The highest BCUT2D eigenvalue weighted by atomic mass is 32.1. The van der Waals surface area contributed by atoms with E-state index in [-0.39, 0.29) is 0 Å². The average molecular weight is 334 g/mol. The molecule has 0 amide bonds. The van der Waals surface area contributed by atoms with Crippen molar-refractivity contribution in [3.05, 3.63) is 64.6 Å². The Balaban J connectivity index is 1.79. The van der Waals surface area contributed by atoms with Gasteiger partial charge < -0.3 is 0 Å². The second-order valence-corrected chi connectivity index (χ2v) is 5.80. The first-order valence-corrected chi connectivity index (χ1v) is 7.85. The number of fused-ring (bicyclic) bond motifs is 1. The van der Waals surface area contributed by atoms with Crippen molar-refractivity contribution in [3.63, 3.8) is 0 Å². The third-order valence-electron chi connectivity index (χ3n) is 3.72. The summed E-state index contributed by atoms with van der Waals surface area (Å²) in [7, 11) is 0.